The van der Waals surface area contributed by atoms with Crippen LogP contribution in [0.5, 0.6) is 0 Å². The Hall–Kier alpha value is -1.09. The number of benzene rings is 2. The molecule has 1 atom stereocenters. The molecule has 2 rings (SSSR count). The lowest BCUT2D eigenvalue weighted by atomic mass is 10.0. The molecule has 0 aliphatic rings. The number of hydrogen-bond acceptors (Lipinski definition) is 1. The number of nitrogens with one attached hydrogen (secondary N) is 1. The fourth-order valence-electron chi connectivity index (χ4n) is 2.26. The van der Waals surface area contributed by atoms with Crippen molar-refractivity contribution in [3.8, 4) is 0 Å². The van der Waals surface area contributed by atoms with Gasteiger partial charge in [0.05, 0.1) is 5.02 Å². The van der Waals surface area contributed by atoms with E-state index in [4.69, 9.17) is 23.2 Å². The van der Waals surface area contributed by atoms with Gasteiger partial charge in [-0.05, 0) is 41.8 Å². The summed E-state index contributed by atoms with van der Waals surface area (Å²) in [4.78, 5) is 0. The average Bonchev–Trinajstić information content (AvgIpc) is 2.48. The highest BCUT2D eigenvalue weighted by atomic mass is 35.5. The van der Waals surface area contributed by atoms with Gasteiger partial charge in [-0.15, -0.1) is 0 Å². The van der Waals surface area contributed by atoms with E-state index in [1.54, 1.807) is 12.1 Å². The summed E-state index contributed by atoms with van der Waals surface area (Å²) in [6.45, 7) is 2.80. The van der Waals surface area contributed by atoms with Gasteiger partial charge in [0.1, 0.15) is 5.82 Å². The second-order valence-corrected chi connectivity index (χ2v) is 5.87. The van der Waals surface area contributed by atoms with Crippen LogP contribution in [0.2, 0.25) is 10.0 Å². The molecular weight excluding hydrogens is 308 g/mol. The topological polar surface area (TPSA) is 12.0 Å². The summed E-state index contributed by atoms with van der Waals surface area (Å²) in [5, 5.41) is 4.39. The van der Waals surface area contributed by atoms with Crippen LogP contribution in [0.25, 0.3) is 0 Å². The van der Waals surface area contributed by atoms with E-state index >= 15 is 0 Å². The zero-order chi connectivity index (χ0) is 15.2. The predicted molar refractivity (Wildman–Crippen MR) is 87.4 cm³/mol. The maximum absolute atomic E-state index is 13.2. The molecule has 4 heteroatoms. The fourth-order valence-corrected chi connectivity index (χ4v) is 2.59. The Labute approximate surface area is 135 Å². The molecule has 112 valence electrons. The smallest absolute Gasteiger partial charge is 0.141 e. The van der Waals surface area contributed by atoms with Crippen molar-refractivity contribution < 1.29 is 4.39 Å². The van der Waals surface area contributed by atoms with Gasteiger partial charge in [0.15, 0.2) is 0 Å². The van der Waals surface area contributed by atoms with Crippen molar-refractivity contribution in [2.24, 2.45) is 0 Å². The zero-order valence-electron chi connectivity index (χ0n) is 11.9. The standard InChI is InChI=1S/C17H18Cl2FN/c1-2-3-17(13-5-7-14(18)8-6-13)21-11-12-4-9-16(20)15(19)10-12/h4-10,17,21H,2-3,11H2,1H3. The SMILES string of the molecule is CCCC(NCc1ccc(F)c(Cl)c1)c1ccc(Cl)cc1. The predicted octanol–water partition coefficient (Wildman–Crippen LogP) is 5.76. The van der Waals surface area contributed by atoms with Crippen LogP contribution in [0.4, 0.5) is 4.39 Å². The van der Waals surface area contributed by atoms with E-state index in [1.807, 2.05) is 24.3 Å². The van der Waals surface area contributed by atoms with Gasteiger partial charge in [-0.2, -0.15) is 0 Å². The Bertz CT molecular complexity index is 584. The summed E-state index contributed by atoms with van der Waals surface area (Å²) < 4.78 is 13.2. The molecule has 1 nitrogen and oxygen atoms in total. The minimum atomic E-state index is -0.386. The summed E-state index contributed by atoms with van der Waals surface area (Å²) in [7, 11) is 0. The van der Waals surface area contributed by atoms with Gasteiger partial charge < -0.3 is 5.32 Å². The molecule has 2 aromatic carbocycles. The summed E-state index contributed by atoms with van der Waals surface area (Å²) in [6.07, 6.45) is 2.10. The molecule has 0 saturated carbocycles. The number of hydrogen-bond donors (Lipinski definition) is 1. The summed E-state index contributed by atoms with van der Waals surface area (Å²) in [6, 6.07) is 12.9. The minimum absolute atomic E-state index is 0.160. The summed E-state index contributed by atoms with van der Waals surface area (Å²) in [5.74, 6) is -0.386. The van der Waals surface area contributed by atoms with E-state index in [9.17, 15) is 4.39 Å². The first-order valence-corrected chi connectivity index (χ1v) is 7.78. The maximum atomic E-state index is 13.2. The first kappa shape index (κ1) is 16.3. The van der Waals surface area contributed by atoms with Crippen LogP contribution in [0, 0.1) is 5.82 Å². The average molecular weight is 326 g/mol. The fraction of sp³-hybridized carbons (Fsp3) is 0.294. The third-order valence-electron chi connectivity index (χ3n) is 3.39. The van der Waals surface area contributed by atoms with Crippen LogP contribution >= 0.6 is 23.2 Å². The minimum Gasteiger partial charge on any atom is -0.306 e. The molecule has 0 radical (unpaired) electrons. The molecular formula is C17H18Cl2FN. The van der Waals surface area contributed by atoms with Crippen molar-refractivity contribution in [3.05, 3.63) is 69.5 Å². The summed E-state index contributed by atoms with van der Waals surface area (Å²) in [5.41, 5.74) is 2.17. The van der Waals surface area contributed by atoms with Gasteiger partial charge in [0, 0.05) is 17.6 Å². The molecule has 0 fully saturated rings. The lowest BCUT2D eigenvalue weighted by molar-refractivity contribution is 0.493. The lowest BCUT2D eigenvalue weighted by Gasteiger charge is -2.19. The molecule has 0 aliphatic heterocycles. The third-order valence-corrected chi connectivity index (χ3v) is 3.93. The van der Waals surface area contributed by atoms with Crippen molar-refractivity contribution in [3.63, 3.8) is 0 Å². The first-order chi connectivity index (χ1) is 10.1. The molecule has 21 heavy (non-hydrogen) atoms. The Morgan fingerprint density at radius 3 is 2.43 bits per heavy atom. The summed E-state index contributed by atoms with van der Waals surface area (Å²) >= 11 is 11.7. The van der Waals surface area contributed by atoms with E-state index < -0.39 is 0 Å². The first-order valence-electron chi connectivity index (χ1n) is 7.03. The molecule has 0 aromatic heterocycles. The van der Waals surface area contributed by atoms with Gasteiger partial charge in [-0.25, -0.2) is 4.39 Å². The molecule has 0 amide bonds. The Kier molecular flexibility index (Phi) is 6.04. The molecule has 1 N–H and O–H groups in total. The van der Waals surface area contributed by atoms with Crippen LogP contribution in [-0.2, 0) is 6.54 Å². The Balaban J connectivity index is 2.05. The van der Waals surface area contributed by atoms with E-state index in [0.717, 1.165) is 23.4 Å². The van der Waals surface area contributed by atoms with Crippen LogP contribution in [0.15, 0.2) is 42.5 Å². The lowest BCUT2D eigenvalue weighted by Crippen LogP contribution is -2.20. The highest BCUT2D eigenvalue weighted by molar-refractivity contribution is 6.31. The molecule has 1 unspecified atom stereocenters. The van der Waals surface area contributed by atoms with Crippen molar-refractivity contribution >= 4 is 23.2 Å². The van der Waals surface area contributed by atoms with Crippen LogP contribution in [-0.4, -0.2) is 0 Å². The van der Waals surface area contributed by atoms with E-state index in [2.05, 4.69) is 12.2 Å². The molecule has 0 heterocycles. The van der Waals surface area contributed by atoms with Crippen molar-refractivity contribution in [1.29, 1.82) is 0 Å². The highest BCUT2D eigenvalue weighted by Gasteiger charge is 2.10. The molecule has 0 aliphatic carbocycles. The van der Waals surface area contributed by atoms with Gasteiger partial charge in [0.2, 0.25) is 0 Å². The third kappa shape index (κ3) is 4.70. The Morgan fingerprint density at radius 2 is 1.81 bits per heavy atom. The second-order valence-electron chi connectivity index (χ2n) is 5.02. The van der Waals surface area contributed by atoms with Crippen LogP contribution in [0.3, 0.4) is 0 Å². The van der Waals surface area contributed by atoms with Gasteiger partial charge in [-0.1, -0.05) is 54.7 Å². The Morgan fingerprint density at radius 1 is 1.10 bits per heavy atom. The quantitative estimate of drug-likeness (QED) is 0.711. The normalized spacial score (nSPS) is 12.4. The number of rotatable bonds is 6. The van der Waals surface area contributed by atoms with E-state index in [-0.39, 0.29) is 16.9 Å². The maximum Gasteiger partial charge on any atom is 0.141 e. The molecule has 0 spiro atoms. The van der Waals surface area contributed by atoms with Crippen molar-refractivity contribution in [1.82, 2.24) is 5.32 Å². The number of halogens is 3. The van der Waals surface area contributed by atoms with Crippen LogP contribution in [0.1, 0.15) is 36.9 Å². The van der Waals surface area contributed by atoms with E-state index in [0.29, 0.717) is 6.54 Å². The molecule has 2 aromatic rings. The van der Waals surface area contributed by atoms with E-state index in [1.165, 1.54) is 11.6 Å². The monoisotopic (exact) mass is 325 g/mol. The van der Waals surface area contributed by atoms with Gasteiger partial charge in [0.25, 0.3) is 0 Å². The van der Waals surface area contributed by atoms with Gasteiger partial charge in [-0.3, -0.25) is 0 Å². The van der Waals surface area contributed by atoms with Gasteiger partial charge >= 0.3 is 0 Å². The van der Waals surface area contributed by atoms with Crippen molar-refractivity contribution in [2.75, 3.05) is 0 Å². The molecule has 0 saturated heterocycles. The molecule has 0 bridgehead atoms. The highest BCUT2D eigenvalue weighted by Crippen LogP contribution is 2.22. The zero-order valence-corrected chi connectivity index (χ0v) is 13.4. The second kappa shape index (κ2) is 7.79. The van der Waals surface area contributed by atoms with Crippen LogP contribution < -0.4 is 5.32 Å². The largest absolute Gasteiger partial charge is 0.306 e. The van der Waals surface area contributed by atoms with Crippen molar-refractivity contribution in [2.45, 2.75) is 32.4 Å².